The molecule has 0 aromatic heterocycles. The summed E-state index contributed by atoms with van der Waals surface area (Å²) in [6.45, 7) is 5.53. The normalized spacial score (nSPS) is 19.0. The summed E-state index contributed by atoms with van der Waals surface area (Å²) in [6.07, 6.45) is -0.0640. The van der Waals surface area contributed by atoms with Crippen molar-refractivity contribution in [2.75, 3.05) is 32.1 Å². The van der Waals surface area contributed by atoms with Gasteiger partial charge in [0, 0.05) is 13.1 Å². The number of carbonyl (C=O) groups excluding carboxylic acids is 1. The van der Waals surface area contributed by atoms with Crippen molar-refractivity contribution >= 4 is 15.7 Å². The second-order valence-corrected chi connectivity index (χ2v) is 7.17. The summed E-state index contributed by atoms with van der Waals surface area (Å²) in [7, 11) is -3.65. The summed E-state index contributed by atoms with van der Waals surface area (Å²) in [5.74, 6) is -0.299. The highest BCUT2D eigenvalue weighted by molar-refractivity contribution is 7.92. The average Bonchev–Trinajstić information content (AvgIpc) is 2.48. The van der Waals surface area contributed by atoms with Gasteiger partial charge in [0.1, 0.15) is 11.5 Å². The molecule has 1 aromatic carbocycles. The number of morpholine rings is 1. The van der Waals surface area contributed by atoms with Gasteiger partial charge in [0.2, 0.25) is 5.91 Å². The van der Waals surface area contributed by atoms with Crippen LogP contribution in [0.25, 0.3) is 0 Å². The van der Waals surface area contributed by atoms with Gasteiger partial charge in [-0.1, -0.05) is 0 Å². The summed E-state index contributed by atoms with van der Waals surface area (Å²) in [4.78, 5) is 13.8. The maximum Gasteiger partial charge on any atom is 0.238 e. The predicted molar refractivity (Wildman–Crippen MR) is 81.7 cm³/mol. The Kier molecular flexibility index (Phi) is 5.42. The van der Waals surface area contributed by atoms with E-state index < -0.39 is 15.6 Å². The maximum absolute atomic E-state index is 12.3. The zero-order valence-corrected chi connectivity index (χ0v) is 13.6. The highest BCUT2D eigenvalue weighted by Crippen LogP contribution is 2.18. The van der Waals surface area contributed by atoms with E-state index in [1.54, 1.807) is 17.0 Å². The summed E-state index contributed by atoms with van der Waals surface area (Å²) < 4.78 is 35.3. The van der Waals surface area contributed by atoms with Gasteiger partial charge in [-0.25, -0.2) is 8.42 Å². The molecule has 22 heavy (non-hydrogen) atoms. The minimum absolute atomic E-state index is 0.0640. The largest absolute Gasteiger partial charge is 0.494 e. The van der Waals surface area contributed by atoms with Crippen LogP contribution in [-0.2, 0) is 19.4 Å². The van der Waals surface area contributed by atoms with Crippen LogP contribution in [0.5, 0.6) is 5.75 Å². The van der Waals surface area contributed by atoms with Gasteiger partial charge in [-0.3, -0.25) is 4.79 Å². The SMILES string of the molecule is CCOc1ccc(S(=O)(=O)CC(=O)N2CCO[C@H](C)C2)cc1. The molecule has 122 valence electrons. The molecule has 1 heterocycles. The van der Waals surface area contributed by atoms with E-state index in [2.05, 4.69) is 0 Å². The maximum atomic E-state index is 12.3. The first-order valence-corrected chi connectivity index (χ1v) is 8.92. The molecule has 0 spiro atoms. The van der Waals surface area contributed by atoms with E-state index in [0.29, 0.717) is 32.1 Å². The fraction of sp³-hybridized carbons (Fsp3) is 0.533. The Labute approximate surface area is 130 Å². The number of hydrogen-bond acceptors (Lipinski definition) is 5. The molecule has 0 saturated carbocycles. The molecule has 0 unspecified atom stereocenters. The average molecular weight is 327 g/mol. The number of ether oxygens (including phenoxy) is 2. The Morgan fingerprint density at radius 3 is 2.64 bits per heavy atom. The van der Waals surface area contributed by atoms with Gasteiger partial charge < -0.3 is 14.4 Å². The molecular formula is C15H21NO5S. The van der Waals surface area contributed by atoms with E-state index in [0.717, 1.165) is 0 Å². The van der Waals surface area contributed by atoms with Crippen molar-refractivity contribution in [3.8, 4) is 5.75 Å². The fourth-order valence-corrected chi connectivity index (χ4v) is 3.52. The lowest BCUT2D eigenvalue weighted by Gasteiger charge is -2.31. The van der Waals surface area contributed by atoms with E-state index in [9.17, 15) is 13.2 Å². The Balaban J connectivity index is 2.05. The Morgan fingerprint density at radius 2 is 2.05 bits per heavy atom. The van der Waals surface area contributed by atoms with Crippen molar-refractivity contribution in [3.05, 3.63) is 24.3 Å². The molecule has 1 saturated heterocycles. The molecule has 0 N–H and O–H groups in total. The molecule has 1 aliphatic heterocycles. The monoisotopic (exact) mass is 327 g/mol. The lowest BCUT2D eigenvalue weighted by atomic mass is 10.3. The van der Waals surface area contributed by atoms with Crippen molar-refractivity contribution in [2.45, 2.75) is 24.8 Å². The summed E-state index contributed by atoms with van der Waals surface area (Å²) in [5, 5.41) is 0. The highest BCUT2D eigenvalue weighted by atomic mass is 32.2. The molecule has 0 aliphatic carbocycles. The molecule has 1 amide bonds. The van der Waals surface area contributed by atoms with Crippen molar-refractivity contribution in [1.29, 1.82) is 0 Å². The molecule has 1 aromatic rings. The molecular weight excluding hydrogens is 306 g/mol. The first-order valence-electron chi connectivity index (χ1n) is 7.27. The number of carbonyl (C=O) groups is 1. The van der Waals surface area contributed by atoms with Gasteiger partial charge in [0.15, 0.2) is 9.84 Å². The lowest BCUT2D eigenvalue weighted by molar-refractivity contribution is -0.135. The standard InChI is InChI=1S/C15H21NO5S/c1-3-20-13-4-6-14(7-5-13)22(18,19)11-15(17)16-8-9-21-12(2)10-16/h4-7,12H,3,8-11H2,1-2H3/t12-/m1/s1. The molecule has 0 bridgehead atoms. The predicted octanol–water partition coefficient (Wildman–Crippen LogP) is 1.11. The third kappa shape index (κ3) is 4.20. The fourth-order valence-electron chi connectivity index (χ4n) is 2.29. The third-order valence-corrected chi connectivity index (χ3v) is 5.02. The van der Waals surface area contributed by atoms with Gasteiger partial charge >= 0.3 is 0 Å². The van der Waals surface area contributed by atoms with Gasteiger partial charge in [-0.2, -0.15) is 0 Å². The van der Waals surface area contributed by atoms with Gasteiger partial charge in [-0.05, 0) is 38.1 Å². The van der Waals surface area contributed by atoms with Crippen LogP contribution in [0.3, 0.4) is 0 Å². The summed E-state index contributed by atoms with van der Waals surface area (Å²) in [6, 6.07) is 6.13. The highest BCUT2D eigenvalue weighted by Gasteiger charge is 2.26. The second kappa shape index (κ2) is 7.11. The minimum atomic E-state index is -3.65. The molecule has 7 heteroatoms. The van der Waals surface area contributed by atoms with Crippen LogP contribution in [0.15, 0.2) is 29.2 Å². The van der Waals surface area contributed by atoms with Crippen LogP contribution in [-0.4, -0.2) is 57.4 Å². The Bertz CT molecular complexity index is 611. The van der Waals surface area contributed by atoms with E-state index in [1.807, 2.05) is 13.8 Å². The number of nitrogens with zero attached hydrogens (tertiary/aromatic N) is 1. The zero-order valence-electron chi connectivity index (χ0n) is 12.8. The number of amides is 1. The van der Waals surface area contributed by atoms with E-state index in [4.69, 9.17) is 9.47 Å². The van der Waals surface area contributed by atoms with Crippen molar-refractivity contribution in [2.24, 2.45) is 0 Å². The van der Waals surface area contributed by atoms with Gasteiger partial charge in [0.25, 0.3) is 0 Å². The second-order valence-electron chi connectivity index (χ2n) is 5.18. The van der Waals surface area contributed by atoms with Crippen molar-refractivity contribution in [3.63, 3.8) is 0 Å². The number of hydrogen-bond donors (Lipinski definition) is 0. The molecule has 2 rings (SSSR count). The lowest BCUT2D eigenvalue weighted by Crippen LogP contribution is -2.46. The van der Waals surface area contributed by atoms with Crippen LogP contribution in [0, 0.1) is 0 Å². The first-order chi connectivity index (χ1) is 10.4. The summed E-state index contributed by atoms with van der Waals surface area (Å²) >= 11 is 0. The number of benzene rings is 1. The van der Waals surface area contributed by atoms with E-state index in [-0.39, 0.29) is 16.9 Å². The number of sulfone groups is 1. The van der Waals surface area contributed by atoms with Crippen molar-refractivity contribution < 1.29 is 22.7 Å². The Hall–Kier alpha value is -1.60. The van der Waals surface area contributed by atoms with E-state index in [1.165, 1.54) is 12.1 Å². The molecule has 6 nitrogen and oxygen atoms in total. The van der Waals surface area contributed by atoms with Gasteiger partial charge in [0.05, 0.1) is 24.2 Å². The molecule has 1 fully saturated rings. The molecule has 1 atom stereocenters. The van der Waals surface area contributed by atoms with E-state index >= 15 is 0 Å². The van der Waals surface area contributed by atoms with Crippen LogP contribution < -0.4 is 4.74 Å². The third-order valence-electron chi connectivity index (χ3n) is 3.40. The van der Waals surface area contributed by atoms with Crippen LogP contribution in [0.1, 0.15) is 13.8 Å². The summed E-state index contributed by atoms with van der Waals surface area (Å²) in [5.41, 5.74) is 0. The topological polar surface area (TPSA) is 72.9 Å². The molecule has 0 radical (unpaired) electrons. The Morgan fingerprint density at radius 1 is 1.36 bits per heavy atom. The van der Waals surface area contributed by atoms with Gasteiger partial charge in [-0.15, -0.1) is 0 Å². The first kappa shape index (κ1) is 16.8. The molecule has 1 aliphatic rings. The number of rotatable bonds is 5. The van der Waals surface area contributed by atoms with Crippen molar-refractivity contribution in [1.82, 2.24) is 4.90 Å². The zero-order chi connectivity index (χ0) is 16.2. The quantitative estimate of drug-likeness (QED) is 0.810. The van der Waals surface area contributed by atoms with Crippen LogP contribution in [0.2, 0.25) is 0 Å². The minimum Gasteiger partial charge on any atom is -0.494 e. The smallest absolute Gasteiger partial charge is 0.238 e. The van der Waals surface area contributed by atoms with Crippen LogP contribution in [0.4, 0.5) is 0 Å². The van der Waals surface area contributed by atoms with Crippen LogP contribution >= 0.6 is 0 Å².